The van der Waals surface area contributed by atoms with Crippen LogP contribution in [0.2, 0.25) is 0 Å². The third-order valence-corrected chi connectivity index (χ3v) is 4.13. The molecule has 0 atom stereocenters. The smallest absolute Gasteiger partial charge is 0.270 e. The van der Waals surface area contributed by atoms with Gasteiger partial charge in [-0.15, -0.1) is 11.3 Å². The van der Waals surface area contributed by atoms with E-state index in [4.69, 9.17) is 4.74 Å². The summed E-state index contributed by atoms with van der Waals surface area (Å²) >= 11 is 1.42. The highest BCUT2D eigenvalue weighted by molar-refractivity contribution is 7.19. The molecule has 3 rings (SSSR count). The molecule has 0 bridgehead atoms. The fourth-order valence-electron chi connectivity index (χ4n) is 2.08. The van der Waals surface area contributed by atoms with Crippen LogP contribution >= 0.6 is 11.3 Å². The van der Waals surface area contributed by atoms with Gasteiger partial charge in [0.2, 0.25) is 0 Å². The number of hydrogen-bond donors (Lipinski definition) is 0. The predicted molar refractivity (Wildman–Crippen MR) is 88.2 cm³/mol. The Balaban J connectivity index is 1.93. The summed E-state index contributed by atoms with van der Waals surface area (Å²) in [5.41, 5.74) is 1.79. The molecule has 22 heavy (non-hydrogen) atoms. The lowest BCUT2D eigenvalue weighted by Gasteiger charge is -2.02. The van der Waals surface area contributed by atoms with E-state index in [1.165, 1.54) is 17.4 Å². The van der Waals surface area contributed by atoms with E-state index in [-0.39, 0.29) is 5.69 Å². The number of non-ortho nitro benzene ring substituents is 1. The summed E-state index contributed by atoms with van der Waals surface area (Å²) in [6.07, 6.45) is 3.80. The van der Waals surface area contributed by atoms with E-state index in [0.717, 1.165) is 26.5 Å². The van der Waals surface area contributed by atoms with Gasteiger partial charge in [0.15, 0.2) is 0 Å². The Bertz CT molecular complexity index is 871. The highest BCUT2D eigenvalue weighted by Gasteiger charge is 2.09. The largest absolute Gasteiger partial charge is 0.496 e. The number of nitrogens with zero attached hydrogens (tertiary/aromatic N) is 2. The molecule has 0 saturated carbocycles. The molecular weight excluding hydrogens is 300 g/mol. The van der Waals surface area contributed by atoms with Crippen LogP contribution in [0.15, 0.2) is 42.5 Å². The minimum Gasteiger partial charge on any atom is -0.496 e. The number of para-hydroxylation sites is 1. The molecule has 0 spiro atoms. The molecule has 1 heterocycles. The van der Waals surface area contributed by atoms with Gasteiger partial charge in [0, 0.05) is 17.7 Å². The fourth-order valence-corrected chi connectivity index (χ4v) is 2.98. The van der Waals surface area contributed by atoms with Crippen molar-refractivity contribution < 1.29 is 9.66 Å². The molecule has 0 aliphatic heterocycles. The number of benzene rings is 2. The third-order valence-electron chi connectivity index (χ3n) is 3.14. The van der Waals surface area contributed by atoms with Crippen LogP contribution in [-0.2, 0) is 0 Å². The molecule has 0 saturated heterocycles. The first-order chi connectivity index (χ1) is 10.7. The van der Waals surface area contributed by atoms with Crippen molar-refractivity contribution in [3.63, 3.8) is 0 Å². The van der Waals surface area contributed by atoms with Gasteiger partial charge in [0.1, 0.15) is 10.8 Å². The monoisotopic (exact) mass is 312 g/mol. The minimum absolute atomic E-state index is 0.0800. The number of aromatic nitrogens is 1. The summed E-state index contributed by atoms with van der Waals surface area (Å²) in [6, 6.07) is 12.4. The second-order valence-corrected chi connectivity index (χ2v) is 5.60. The molecule has 0 radical (unpaired) electrons. The lowest BCUT2D eigenvalue weighted by molar-refractivity contribution is -0.384. The third kappa shape index (κ3) is 2.82. The molecule has 0 fully saturated rings. The number of nitro benzene ring substituents is 1. The van der Waals surface area contributed by atoms with Crippen molar-refractivity contribution in [1.29, 1.82) is 0 Å². The highest BCUT2D eigenvalue weighted by Crippen LogP contribution is 2.28. The zero-order valence-electron chi connectivity index (χ0n) is 11.7. The Morgan fingerprint density at radius 1 is 1.23 bits per heavy atom. The second kappa shape index (κ2) is 5.95. The van der Waals surface area contributed by atoms with Gasteiger partial charge in [-0.1, -0.05) is 18.2 Å². The molecule has 3 aromatic rings. The average Bonchev–Trinajstić information content (AvgIpc) is 2.95. The van der Waals surface area contributed by atoms with Gasteiger partial charge in [-0.3, -0.25) is 10.1 Å². The molecule has 2 aromatic carbocycles. The number of rotatable bonds is 4. The van der Waals surface area contributed by atoms with Crippen molar-refractivity contribution >= 4 is 39.4 Å². The van der Waals surface area contributed by atoms with Crippen molar-refractivity contribution in [1.82, 2.24) is 4.98 Å². The van der Waals surface area contributed by atoms with E-state index in [0.29, 0.717) is 0 Å². The first kappa shape index (κ1) is 14.2. The molecular formula is C16H12N2O3S. The Hall–Kier alpha value is -2.73. The molecule has 6 heteroatoms. The Morgan fingerprint density at radius 2 is 2.05 bits per heavy atom. The summed E-state index contributed by atoms with van der Waals surface area (Å²) in [5, 5.41) is 11.6. The normalized spacial score (nSPS) is 11.1. The molecule has 0 amide bonds. The summed E-state index contributed by atoms with van der Waals surface area (Å²) in [6.45, 7) is 0. The van der Waals surface area contributed by atoms with E-state index in [1.54, 1.807) is 19.2 Å². The number of ether oxygens (including phenoxy) is 1. The predicted octanol–water partition coefficient (Wildman–Crippen LogP) is 4.38. The minimum atomic E-state index is -0.399. The summed E-state index contributed by atoms with van der Waals surface area (Å²) < 4.78 is 6.09. The summed E-state index contributed by atoms with van der Waals surface area (Å²) in [7, 11) is 1.63. The van der Waals surface area contributed by atoms with E-state index in [1.807, 2.05) is 36.4 Å². The second-order valence-electron chi connectivity index (χ2n) is 4.54. The number of hydrogen-bond acceptors (Lipinski definition) is 5. The lowest BCUT2D eigenvalue weighted by atomic mass is 10.2. The maximum atomic E-state index is 10.8. The first-order valence-corrected chi connectivity index (χ1v) is 7.35. The molecule has 0 aliphatic rings. The van der Waals surface area contributed by atoms with E-state index in [2.05, 4.69) is 4.98 Å². The van der Waals surface area contributed by atoms with Crippen molar-refractivity contribution in [2.45, 2.75) is 0 Å². The molecule has 0 aliphatic carbocycles. The maximum Gasteiger partial charge on any atom is 0.270 e. The molecule has 1 aromatic heterocycles. The van der Waals surface area contributed by atoms with Crippen LogP contribution in [0.5, 0.6) is 5.75 Å². The van der Waals surface area contributed by atoms with Crippen molar-refractivity contribution in [3.8, 4) is 5.75 Å². The van der Waals surface area contributed by atoms with Crippen LogP contribution in [0.3, 0.4) is 0 Å². The Kier molecular flexibility index (Phi) is 3.84. The van der Waals surface area contributed by atoms with Gasteiger partial charge in [0.25, 0.3) is 5.69 Å². The van der Waals surface area contributed by atoms with Gasteiger partial charge in [-0.25, -0.2) is 4.98 Å². The Labute approximate surface area is 130 Å². The number of fused-ring (bicyclic) bond motifs is 1. The van der Waals surface area contributed by atoms with Crippen molar-refractivity contribution in [3.05, 3.63) is 63.1 Å². The number of methoxy groups -OCH3 is 1. The summed E-state index contributed by atoms with van der Waals surface area (Å²) in [5.74, 6) is 0.787. The first-order valence-electron chi connectivity index (χ1n) is 6.53. The van der Waals surface area contributed by atoms with Crippen LogP contribution in [0, 0.1) is 10.1 Å². The SMILES string of the molecule is COc1ccccc1/C=C/c1nc2ccc([N+](=O)[O-])cc2s1. The van der Waals surface area contributed by atoms with Crippen molar-refractivity contribution in [2.24, 2.45) is 0 Å². The number of thiazole rings is 1. The zero-order valence-corrected chi connectivity index (χ0v) is 12.5. The summed E-state index contributed by atoms with van der Waals surface area (Å²) in [4.78, 5) is 14.8. The molecule has 5 nitrogen and oxygen atoms in total. The molecule has 0 N–H and O–H groups in total. The van der Waals surface area contributed by atoms with Crippen LogP contribution in [-0.4, -0.2) is 17.0 Å². The highest BCUT2D eigenvalue weighted by atomic mass is 32.1. The Morgan fingerprint density at radius 3 is 2.82 bits per heavy atom. The van der Waals surface area contributed by atoms with Crippen LogP contribution in [0.25, 0.3) is 22.4 Å². The molecule has 0 unspecified atom stereocenters. The van der Waals surface area contributed by atoms with E-state index in [9.17, 15) is 10.1 Å². The van der Waals surface area contributed by atoms with E-state index < -0.39 is 4.92 Å². The quantitative estimate of drug-likeness (QED) is 0.529. The van der Waals surface area contributed by atoms with Gasteiger partial charge in [-0.05, 0) is 24.3 Å². The fraction of sp³-hybridized carbons (Fsp3) is 0.0625. The topological polar surface area (TPSA) is 65.3 Å². The van der Waals surface area contributed by atoms with E-state index >= 15 is 0 Å². The van der Waals surface area contributed by atoms with Crippen molar-refractivity contribution in [2.75, 3.05) is 7.11 Å². The van der Waals surface area contributed by atoms with Gasteiger partial charge < -0.3 is 4.74 Å². The standard InChI is InChI=1S/C16H12N2O3S/c1-21-14-5-3-2-4-11(14)6-9-16-17-13-8-7-12(18(19)20)10-15(13)22-16/h2-10H,1H3/b9-6+. The maximum absolute atomic E-state index is 10.8. The van der Waals surface area contributed by atoms with Gasteiger partial charge in [-0.2, -0.15) is 0 Å². The van der Waals surface area contributed by atoms with Crippen LogP contribution < -0.4 is 4.74 Å². The van der Waals surface area contributed by atoms with Gasteiger partial charge >= 0.3 is 0 Å². The molecule has 110 valence electrons. The van der Waals surface area contributed by atoms with Crippen LogP contribution in [0.4, 0.5) is 5.69 Å². The lowest BCUT2D eigenvalue weighted by Crippen LogP contribution is -1.85. The van der Waals surface area contributed by atoms with Gasteiger partial charge in [0.05, 0.1) is 22.2 Å². The zero-order chi connectivity index (χ0) is 15.5. The average molecular weight is 312 g/mol. The number of nitro groups is 1. The van der Waals surface area contributed by atoms with Crippen LogP contribution in [0.1, 0.15) is 10.6 Å².